The lowest BCUT2D eigenvalue weighted by Crippen LogP contribution is -2.07. The molecule has 2 heteroatoms. The Morgan fingerprint density at radius 1 is 1.29 bits per heavy atom. The molecule has 2 rings (SSSR count). The molecule has 1 aromatic carbocycles. The summed E-state index contributed by atoms with van der Waals surface area (Å²) in [6.07, 6.45) is 3.51. The molecule has 2 aromatic rings. The predicted molar refractivity (Wildman–Crippen MR) is 58.9 cm³/mol. The summed E-state index contributed by atoms with van der Waals surface area (Å²) in [4.78, 5) is 4.32. The number of nitrogens with zero attached hydrogens (tertiary/aromatic N) is 1. The zero-order chi connectivity index (χ0) is 9.97. The maximum Gasteiger partial charge on any atom is 0.0752 e. The molecule has 0 unspecified atom stereocenters. The van der Waals surface area contributed by atoms with Crippen LogP contribution in [-0.4, -0.2) is 4.98 Å². The smallest absolute Gasteiger partial charge is 0.0752 e. The molecule has 1 aromatic heterocycles. The molecule has 0 aliphatic carbocycles. The Balaban J connectivity index is 2.70. The molecule has 0 spiro atoms. The Kier molecular flexibility index (Phi) is 2.29. The Hall–Kier alpha value is -1.67. The van der Waals surface area contributed by atoms with Gasteiger partial charge < -0.3 is 5.73 Å². The van der Waals surface area contributed by atoms with E-state index in [1.165, 1.54) is 0 Å². The van der Waals surface area contributed by atoms with E-state index in [1.807, 2.05) is 30.3 Å². The van der Waals surface area contributed by atoms with Gasteiger partial charge in [-0.1, -0.05) is 30.3 Å². The number of fused-ring (bicyclic) bond motifs is 1. The number of para-hydroxylation sites is 1. The van der Waals surface area contributed by atoms with Crippen LogP contribution in [0.2, 0.25) is 0 Å². The third-order valence-corrected chi connectivity index (χ3v) is 2.28. The molecule has 0 saturated carbocycles. The summed E-state index contributed by atoms with van der Waals surface area (Å²) in [6.45, 7) is 3.69. The molecule has 70 valence electrons. The number of benzene rings is 1. The molecule has 2 N–H and O–H groups in total. The summed E-state index contributed by atoms with van der Waals surface area (Å²) in [7, 11) is 0. The highest BCUT2D eigenvalue weighted by molar-refractivity contribution is 5.82. The van der Waals surface area contributed by atoms with E-state index >= 15 is 0 Å². The van der Waals surface area contributed by atoms with Crippen molar-refractivity contribution in [1.29, 1.82) is 0 Å². The van der Waals surface area contributed by atoms with E-state index in [-0.39, 0.29) is 6.04 Å². The van der Waals surface area contributed by atoms with Crippen molar-refractivity contribution in [3.05, 3.63) is 54.7 Å². The maximum absolute atomic E-state index is 5.90. The van der Waals surface area contributed by atoms with E-state index in [1.54, 1.807) is 12.3 Å². The lowest BCUT2D eigenvalue weighted by Gasteiger charge is -2.08. The van der Waals surface area contributed by atoms with Crippen molar-refractivity contribution in [2.24, 2.45) is 5.73 Å². The highest BCUT2D eigenvalue weighted by atomic mass is 14.7. The third-order valence-electron chi connectivity index (χ3n) is 2.28. The summed E-state index contributed by atoms with van der Waals surface area (Å²) in [5, 5.41) is 1.11. The van der Waals surface area contributed by atoms with Crippen LogP contribution in [0.15, 0.2) is 49.2 Å². The standard InChI is InChI=1S/C12H12N2/c1-2-11(13)10-7-3-5-9-6-4-8-14-12(9)10/h2-8,11H,1,13H2/t11-/m1/s1. The monoisotopic (exact) mass is 184 g/mol. The van der Waals surface area contributed by atoms with Crippen LogP contribution in [0, 0.1) is 0 Å². The lowest BCUT2D eigenvalue weighted by atomic mass is 10.0. The summed E-state index contributed by atoms with van der Waals surface area (Å²) in [5.74, 6) is 0. The third kappa shape index (κ3) is 1.40. The highest BCUT2D eigenvalue weighted by Gasteiger charge is 2.06. The first-order valence-electron chi connectivity index (χ1n) is 4.54. The number of hydrogen-bond donors (Lipinski definition) is 1. The van der Waals surface area contributed by atoms with E-state index in [0.717, 1.165) is 16.5 Å². The number of nitrogens with two attached hydrogens (primary N) is 1. The second kappa shape index (κ2) is 3.60. The molecule has 0 saturated heterocycles. The predicted octanol–water partition coefficient (Wildman–Crippen LogP) is 2.42. The molecule has 14 heavy (non-hydrogen) atoms. The second-order valence-electron chi connectivity index (χ2n) is 3.18. The van der Waals surface area contributed by atoms with Gasteiger partial charge in [0, 0.05) is 17.6 Å². The van der Waals surface area contributed by atoms with Gasteiger partial charge in [-0.15, -0.1) is 6.58 Å². The average molecular weight is 184 g/mol. The average Bonchev–Trinajstić information content (AvgIpc) is 2.27. The van der Waals surface area contributed by atoms with E-state index in [9.17, 15) is 0 Å². The van der Waals surface area contributed by atoms with E-state index in [0.29, 0.717) is 0 Å². The normalized spacial score (nSPS) is 12.6. The first kappa shape index (κ1) is 8.91. The minimum Gasteiger partial charge on any atom is -0.321 e. The van der Waals surface area contributed by atoms with Crippen LogP contribution in [0.1, 0.15) is 11.6 Å². The maximum atomic E-state index is 5.90. The van der Waals surface area contributed by atoms with Crippen LogP contribution in [0.25, 0.3) is 10.9 Å². The molecular weight excluding hydrogens is 172 g/mol. The van der Waals surface area contributed by atoms with Gasteiger partial charge in [0.1, 0.15) is 0 Å². The largest absolute Gasteiger partial charge is 0.321 e. The van der Waals surface area contributed by atoms with Gasteiger partial charge in [0.15, 0.2) is 0 Å². The summed E-state index contributed by atoms with van der Waals surface area (Å²) >= 11 is 0. The quantitative estimate of drug-likeness (QED) is 0.728. The van der Waals surface area contributed by atoms with Crippen LogP contribution in [0.3, 0.4) is 0 Å². The fraction of sp³-hybridized carbons (Fsp3) is 0.0833. The van der Waals surface area contributed by atoms with Crippen LogP contribution < -0.4 is 5.73 Å². The van der Waals surface area contributed by atoms with Gasteiger partial charge in [-0.3, -0.25) is 4.98 Å². The van der Waals surface area contributed by atoms with Crippen molar-refractivity contribution in [2.45, 2.75) is 6.04 Å². The van der Waals surface area contributed by atoms with Gasteiger partial charge in [0.25, 0.3) is 0 Å². The van der Waals surface area contributed by atoms with Crippen molar-refractivity contribution in [3.8, 4) is 0 Å². The highest BCUT2D eigenvalue weighted by Crippen LogP contribution is 2.21. The van der Waals surface area contributed by atoms with E-state index in [4.69, 9.17) is 5.73 Å². The SMILES string of the molecule is C=C[C@@H](N)c1cccc2cccnc12. The number of pyridine rings is 1. The summed E-state index contributed by atoms with van der Waals surface area (Å²) < 4.78 is 0. The fourth-order valence-electron chi connectivity index (χ4n) is 1.52. The zero-order valence-electron chi connectivity index (χ0n) is 7.85. The molecule has 0 aliphatic heterocycles. The molecular formula is C12H12N2. The van der Waals surface area contributed by atoms with Gasteiger partial charge >= 0.3 is 0 Å². The van der Waals surface area contributed by atoms with Crippen molar-refractivity contribution in [2.75, 3.05) is 0 Å². The Bertz CT molecular complexity index is 457. The van der Waals surface area contributed by atoms with Gasteiger partial charge in [0.2, 0.25) is 0 Å². The summed E-state index contributed by atoms with van der Waals surface area (Å²) in [6, 6.07) is 9.81. The van der Waals surface area contributed by atoms with Gasteiger partial charge in [-0.2, -0.15) is 0 Å². The first-order valence-corrected chi connectivity index (χ1v) is 4.54. The van der Waals surface area contributed by atoms with Crippen molar-refractivity contribution in [1.82, 2.24) is 4.98 Å². The molecule has 2 nitrogen and oxygen atoms in total. The topological polar surface area (TPSA) is 38.9 Å². The number of rotatable bonds is 2. The van der Waals surface area contributed by atoms with Gasteiger partial charge in [-0.05, 0) is 11.6 Å². The Morgan fingerprint density at radius 3 is 2.86 bits per heavy atom. The molecule has 0 amide bonds. The van der Waals surface area contributed by atoms with Crippen molar-refractivity contribution < 1.29 is 0 Å². The van der Waals surface area contributed by atoms with E-state index < -0.39 is 0 Å². The number of hydrogen-bond acceptors (Lipinski definition) is 2. The Morgan fingerprint density at radius 2 is 2.07 bits per heavy atom. The minimum atomic E-state index is -0.145. The minimum absolute atomic E-state index is 0.145. The fourth-order valence-corrected chi connectivity index (χ4v) is 1.52. The summed E-state index contributed by atoms with van der Waals surface area (Å²) in [5.41, 5.74) is 7.89. The van der Waals surface area contributed by atoms with Crippen LogP contribution in [0.5, 0.6) is 0 Å². The van der Waals surface area contributed by atoms with Crippen molar-refractivity contribution >= 4 is 10.9 Å². The number of aromatic nitrogens is 1. The van der Waals surface area contributed by atoms with Crippen LogP contribution >= 0.6 is 0 Å². The molecule has 1 atom stereocenters. The first-order chi connectivity index (χ1) is 6.83. The van der Waals surface area contributed by atoms with Crippen LogP contribution in [0.4, 0.5) is 0 Å². The lowest BCUT2D eigenvalue weighted by molar-refractivity contribution is 0.921. The molecule has 0 bridgehead atoms. The molecule has 0 radical (unpaired) electrons. The van der Waals surface area contributed by atoms with Gasteiger partial charge in [0.05, 0.1) is 5.52 Å². The zero-order valence-corrected chi connectivity index (χ0v) is 7.85. The van der Waals surface area contributed by atoms with Gasteiger partial charge in [-0.25, -0.2) is 0 Å². The van der Waals surface area contributed by atoms with Crippen LogP contribution in [-0.2, 0) is 0 Å². The van der Waals surface area contributed by atoms with E-state index in [2.05, 4.69) is 11.6 Å². The Labute approximate surface area is 83.1 Å². The molecule has 0 aliphatic rings. The molecule has 1 heterocycles. The van der Waals surface area contributed by atoms with Crippen molar-refractivity contribution in [3.63, 3.8) is 0 Å². The second-order valence-corrected chi connectivity index (χ2v) is 3.18. The molecule has 0 fully saturated rings.